The van der Waals surface area contributed by atoms with Gasteiger partial charge in [0.15, 0.2) is 11.4 Å². The van der Waals surface area contributed by atoms with Crippen LogP contribution in [0.15, 0.2) is 12.4 Å². The summed E-state index contributed by atoms with van der Waals surface area (Å²) in [5, 5.41) is 14.2. The Bertz CT molecular complexity index is 526. The zero-order valence-corrected chi connectivity index (χ0v) is 9.85. The highest BCUT2D eigenvalue weighted by Gasteiger charge is 2.24. The molecule has 2 rings (SSSR count). The van der Waals surface area contributed by atoms with Gasteiger partial charge in [-0.25, -0.2) is 9.50 Å². The van der Waals surface area contributed by atoms with Gasteiger partial charge in [-0.2, -0.15) is 5.10 Å². The van der Waals surface area contributed by atoms with Crippen molar-refractivity contribution in [2.24, 2.45) is 0 Å². The molecule has 0 aromatic carbocycles. The highest BCUT2D eigenvalue weighted by atomic mass is 16.5. The summed E-state index contributed by atoms with van der Waals surface area (Å²) in [6.45, 7) is 5.29. The molecule has 0 bridgehead atoms. The molecular weight excluding hydrogens is 206 g/mol. The molecule has 1 N–H and O–H groups in total. The van der Waals surface area contributed by atoms with Crippen molar-refractivity contribution in [2.45, 2.75) is 26.4 Å². The van der Waals surface area contributed by atoms with E-state index < -0.39 is 5.60 Å². The minimum atomic E-state index is -1.04. The number of methoxy groups -OCH3 is 1. The van der Waals surface area contributed by atoms with Gasteiger partial charge in [0.1, 0.15) is 11.3 Å². The van der Waals surface area contributed by atoms with Crippen LogP contribution in [0, 0.1) is 6.92 Å². The standard InChI is InChI=1S/C11H15N3O2/c1-7-5-12-14-6-8(16-4)9(11(2,3)15)13-10(7)14/h5-6,15H,1-4H3. The summed E-state index contributed by atoms with van der Waals surface area (Å²) in [6, 6.07) is 0. The third-order valence-electron chi connectivity index (χ3n) is 2.44. The lowest BCUT2D eigenvalue weighted by atomic mass is 10.0. The van der Waals surface area contributed by atoms with Gasteiger partial charge in [-0.3, -0.25) is 0 Å². The number of aliphatic hydroxyl groups is 1. The van der Waals surface area contributed by atoms with Crippen molar-refractivity contribution in [3.63, 3.8) is 0 Å². The quantitative estimate of drug-likeness (QED) is 0.829. The number of aryl methyl sites for hydroxylation is 1. The second-order valence-corrected chi connectivity index (χ2v) is 4.31. The molecule has 0 aliphatic carbocycles. The predicted octanol–water partition coefficient (Wildman–Crippen LogP) is 1.27. The van der Waals surface area contributed by atoms with Gasteiger partial charge < -0.3 is 9.84 Å². The van der Waals surface area contributed by atoms with Crippen molar-refractivity contribution >= 4 is 5.65 Å². The first-order chi connectivity index (χ1) is 7.43. The van der Waals surface area contributed by atoms with Crippen LogP contribution in [0.4, 0.5) is 0 Å². The Kier molecular flexibility index (Phi) is 2.35. The number of hydrogen-bond donors (Lipinski definition) is 1. The molecule has 5 heteroatoms. The molecule has 0 aliphatic heterocycles. The number of nitrogens with zero attached hydrogens (tertiary/aromatic N) is 3. The molecule has 2 aromatic rings. The Balaban J connectivity index is 2.75. The van der Waals surface area contributed by atoms with Gasteiger partial charge in [-0.05, 0) is 20.8 Å². The van der Waals surface area contributed by atoms with Crippen LogP contribution in [0.2, 0.25) is 0 Å². The number of aromatic nitrogens is 3. The van der Waals surface area contributed by atoms with Gasteiger partial charge in [0, 0.05) is 5.56 Å². The second-order valence-electron chi connectivity index (χ2n) is 4.31. The fraction of sp³-hybridized carbons (Fsp3) is 0.455. The summed E-state index contributed by atoms with van der Waals surface area (Å²) in [4.78, 5) is 4.40. The Morgan fingerprint density at radius 3 is 2.69 bits per heavy atom. The minimum Gasteiger partial charge on any atom is -0.493 e. The Hall–Kier alpha value is -1.62. The summed E-state index contributed by atoms with van der Waals surface area (Å²) in [5.41, 5.74) is 1.18. The normalized spacial score (nSPS) is 12.1. The van der Waals surface area contributed by atoms with Crippen molar-refractivity contribution in [2.75, 3.05) is 7.11 Å². The summed E-state index contributed by atoms with van der Waals surface area (Å²) in [7, 11) is 1.55. The SMILES string of the molecule is COc1cn2ncc(C)c2nc1C(C)(C)O. The van der Waals surface area contributed by atoms with E-state index in [1.165, 1.54) is 0 Å². The molecule has 2 heterocycles. The van der Waals surface area contributed by atoms with Crippen LogP contribution in [0.25, 0.3) is 5.65 Å². The maximum absolute atomic E-state index is 10.0. The summed E-state index contributed by atoms with van der Waals surface area (Å²) in [6.07, 6.45) is 3.46. The van der Waals surface area contributed by atoms with E-state index in [9.17, 15) is 5.11 Å². The number of hydrogen-bond acceptors (Lipinski definition) is 4. The molecule has 2 aromatic heterocycles. The molecule has 0 fully saturated rings. The average molecular weight is 221 g/mol. The van der Waals surface area contributed by atoms with E-state index in [2.05, 4.69) is 10.1 Å². The van der Waals surface area contributed by atoms with Crippen LogP contribution in [0.3, 0.4) is 0 Å². The van der Waals surface area contributed by atoms with Crippen molar-refractivity contribution in [1.29, 1.82) is 0 Å². The molecular formula is C11H15N3O2. The third kappa shape index (κ3) is 1.63. The van der Waals surface area contributed by atoms with Crippen molar-refractivity contribution in [3.05, 3.63) is 23.7 Å². The van der Waals surface area contributed by atoms with Crippen molar-refractivity contribution in [1.82, 2.24) is 14.6 Å². The van der Waals surface area contributed by atoms with E-state index >= 15 is 0 Å². The van der Waals surface area contributed by atoms with E-state index in [4.69, 9.17) is 4.74 Å². The van der Waals surface area contributed by atoms with Crippen molar-refractivity contribution < 1.29 is 9.84 Å². The average Bonchev–Trinajstić information content (AvgIpc) is 2.57. The summed E-state index contributed by atoms with van der Waals surface area (Å²) in [5.74, 6) is 0.531. The number of rotatable bonds is 2. The van der Waals surface area contributed by atoms with Gasteiger partial charge in [0.05, 0.1) is 19.5 Å². The maximum atomic E-state index is 10.0. The molecule has 0 saturated heterocycles. The lowest BCUT2D eigenvalue weighted by Crippen LogP contribution is -2.19. The van der Waals surface area contributed by atoms with Gasteiger partial charge in [-0.15, -0.1) is 0 Å². The first-order valence-corrected chi connectivity index (χ1v) is 5.05. The molecule has 0 unspecified atom stereocenters. The van der Waals surface area contributed by atoms with Crippen LogP contribution in [-0.4, -0.2) is 26.8 Å². The molecule has 0 radical (unpaired) electrons. The second kappa shape index (κ2) is 3.45. The smallest absolute Gasteiger partial charge is 0.161 e. The molecule has 0 spiro atoms. The van der Waals surface area contributed by atoms with Crippen LogP contribution >= 0.6 is 0 Å². The number of fused-ring (bicyclic) bond motifs is 1. The zero-order chi connectivity index (χ0) is 11.9. The van der Waals surface area contributed by atoms with E-state index in [-0.39, 0.29) is 0 Å². The molecule has 0 amide bonds. The van der Waals surface area contributed by atoms with Crippen LogP contribution in [-0.2, 0) is 5.60 Å². The lowest BCUT2D eigenvalue weighted by Gasteiger charge is -2.19. The van der Waals surface area contributed by atoms with E-state index in [0.29, 0.717) is 11.4 Å². The van der Waals surface area contributed by atoms with Gasteiger partial charge in [0.25, 0.3) is 0 Å². The van der Waals surface area contributed by atoms with Crippen LogP contribution < -0.4 is 4.74 Å². The third-order valence-corrected chi connectivity index (χ3v) is 2.44. The Morgan fingerprint density at radius 2 is 2.12 bits per heavy atom. The zero-order valence-electron chi connectivity index (χ0n) is 9.85. The first-order valence-electron chi connectivity index (χ1n) is 5.05. The molecule has 0 aliphatic rings. The van der Waals surface area contributed by atoms with Gasteiger partial charge in [0.2, 0.25) is 0 Å². The molecule has 86 valence electrons. The van der Waals surface area contributed by atoms with E-state index in [1.54, 1.807) is 37.9 Å². The predicted molar refractivity (Wildman–Crippen MR) is 59.5 cm³/mol. The maximum Gasteiger partial charge on any atom is 0.161 e. The van der Waals surface area contributed by atoms with Gasteiger partial charge >= 0.3 is 0 Å². The lowest BCUT2D eigenvalue weighted by molar-refractivity contribution is 0.0707. The highest BCUT2D eigenvalue weighted by molar-refractivity contribution is 5.49. The van der Waals surface area contributed by atoms with Crippen LogP contribution in [0.5, 0.6) is 5.75 Å². The van der Waals surface area contributed by atoms with Crippen molar-refractivity contribution in [3.8, 4) is 5.75 Å². The molecule has 0 atom stereocenters. The Morgan fingerprint density at radius 1 is 1.44 bits per heavy atom. The highest BCUT2D eigenvalue weighted by Crippen LogP contribution is 2.28. The Labute approximate surface area is 93.7 Å². The summed E-state index contributed by atoms with van der Waals surface area (Å²) < 4.78 is 6.85. The van der Waals surface area contributed by atoms with E-state index in [1.807, 2.05) is 6.92 Å². The molecule has 16 heavy (non-hydrogen) atoms. The minimum absolute atomic E-state index is 0.520. The molecule has 5 nitrogen and oxygen atoms in total. The van der Waals surface area contributed by atoms with E-state index in [0.717, 1.165) is 11.2 Å². The number of ether oxygens (including phenoxy) is 1. The molecule has 0 saturated carbocycles. The fourth-order valence-electron chi connectivity index (χ4n) is 1.60. The van der Waals surface area contributed by atoms with Crippen LogP contribution in [0.1, 0.15) is 25.1 Å². The largest absolute Gasteiger partial charge is 0.493 e. The first kappa shape index (κ1) is 10.9. The monoisotopic (exact) mass is 221 g/mol. The topological polar surface area (TPSA) is 59.7 Å². The van der Waals surface area contributed by atoms with Gasteiger partial charge in [-0.1, -0.05) is 0 Å². The summed E-state index contributed by atoms with van der Waals surface area (Å²) >= 11 is 0. The fourth-order valence-corrected chi connectivity index (χ4v) is 1.60.